The van der Waals surface area contributed by atoms with Gasteiger partial charge in [-0.1, -0.05) is 11.6 Å². The van der Waals surface area contributed by atoms with Crippen molar-refractivity contribution in [1.82, 2.24) is 4.98 Å². The number of hydrogen-bond donors (Lipinski definition) is 0. The average molecular weight is 401 g/mol. The Bertz CT molecular complexity index is 914. The number of aromatic nitrogens is 1. The van der Waals surface area contributed by atoms with Gasteiger partial charge in [0.2, 0.25) is 0 Å². The second-order valence-corrected chi connectivity index (χ2v) is 7.58. The lowest BCUT2D eigenvalue weighted by molar-refractivity contribution is -0.154. The summed E-state index contributed by atoms with van der Waals surface area (Å²) in [7, 11) is 0. The second kappa shape index (κ2) is 9.34. The molecule has 6 nitrogen and oxygen atoms in total. The summed E-state index contributed by atoms with van der Waals surface area (Å²) in [5.41, 5.74) is 1.54. The number of hydrogen-bond acceptors (Lipinski definition) is 6. The number of aryl methyl sites for hydroxylation is 1. The number of esters is 1. The number of nitriles is 1. The minimum atomic E-state index is -0.553. The van der Waals surface area contributed by atoms with Crippen LogP contribution in [0.2, 0.25) is 5.02 Å². The SMILES string of the molecule is CC(C)(C)OC(=O)CCc1cc(OCc2cncc(C#N)c2)c(C=O)cc1Cl. The first-order valence-corrected chi connectivity index (χ1v) is 9.06. The minimum Gasteiger partial charge on any atom is -0.488 e. The van der Waals surface area contributed by atoms with Gasteiger partial charge in [0.1, 0.15) is 24.0 Å². The Morgan fingerprint density at radius 1 is 1.29 bits per heavy atom. The maximum absolute atomic E-state index is 11.9. The van der Waals surface area contributed by atoms with Gasteiger partial charge < -0.3 is 9.47 Å². The zero-order valence-corrected chi connectivity index (χ0v) is 16.7. The molecule has 7 heteroatoms. The van der Waals surface area contributed by atoms with Crippen molar-refractivity contribution in [2.24, 2.45) is 0 Å². The molecule has 0 aliphatic rings. The largest absolute Gasteiger partial charge is 0.488 e. The molecule has 0 saturated heterocycles. The highest BCUT2D eigenvalue weighted by molar-refractivity contribution is 6.31. The Morgan fingerprint density at radius 3 is 2.68 bits per heavy atom. The number of nitrogens with zero attached hydrogens (tertiary/aromatic N) is 2. The first kappa shape index (κ1) is 21.4. The van der Waals surface area contributed by atoms with Crippen LogP contribution in [0.4, 0.5) is 0 Å². The Kier molecular flexibility index (Phi) is 7.13. The summed E-state index contributed by atoms with van der Waals surface area (Å²) in [6, 6.07) is 6.84. The topological polar surface area (TPSA) is 89.3 Å². The van der Waals surface area contributed by atoms with E-state index >= 15 is 0 Å². The summed E-state index contributed by atoms with van der Waals surface area (Å²) in [5, 5.41) is 9.32. The van der Waals surface area contributed by atoms with Crippen LogP contribution in [0.25, 0.3) is 0 Å². The number of benzene rings is 1. The molecule has 0 unspecified atom stereocenters. The first-order valence-electron chi connectivity index (χ1n) is 8.68. The van der Waals surface area contributed by atoms with E-state index in [0.29, 0.717) is 45.7 Å². The molecule has 1 heterocycles. The standard InChI is InChI=1S/C21H21ClN2O4/c1-21(2,3)28-20(26)5-4-16-8-19(17(12-25)7-18(16)22)27-13-15-6-14(9-23)10-24-11-15/h6-8,10-12H,4-5,13H2,1-3H3. The summed E-state index contributed by atoms with van der Waals surface area (Å²) < 4.78 is 11.0. The van der Waals surface area contributed by atoms with Crippen molar-refractivity contribution in [3.8, 4) is 11.8 Å². The molecule has 1 aromatic heterocycles. The Morgan fingerprint density at radius 2 is 2.04 bits per heavy atom. The number of pyridine rings is 1. The molecule has 2 aromatic rings. The minimum absolute atomic E-state index is 0.135. The Hall–Kier alpha value is -2.91. The van der Waals surface area contributed by atoms with E-state index in [-0.39, 0.29) is 19.0 Å². The molecular weight excluding hydrogens is 380 g/mol. The first-order chi connectivity index (χ1) is 13.2. The molecule has 0 aliphatic heterocycles. The molecule has 0 aliphatic carbocycles. The lowest BCUT2D eigenvalue weighted by Gasteiger charge is -2.19. The van der Waals surface area contributed by atoms with E-state index in [0.717, 1.165) is 0 Å². The fourth-order valence-electron chi connectivity index (χ4n) is 2.44. The van der Waals surface area contributed by atoms with E-state index in [4.69, 9.17) is 26.3 Å². The van der Waals surface area contributed by atoms with Crippen molar-refractivity contribution in [2.75, 3.05) is 0 Å². The van der Waals surface area contributed by atoms with Gasteiger partial charge in [-0.2, -0.15) is 5.26 Å². The van der Waals surface area contributed by atoms with Crippen LogP contribution in [0.3, 0.4) is 0 Å². The van der Waals surface area contributed by atoms with Crippen LogP contribution in [0.15, 0.2) is 30.6 Å². The Balaban J connectivity index is 2.13. The maximum atomic E-state index is 11.9. The third kappa shape index (κ3) is 6.36. The summed E-state index contributed by atoms with van der Waals surface area (Å²) >= 11 is 6.24. The van der Waals surface area contributed by atoms with Crippen molar-refractivity contribution in [3.05, 3.63) is 57.9 Å². The normalized spacial score (nSPS) is 10.8. The van der Waals surface area contributed by atoms with Crippen LogP contribution in [0, 0.1) is 11.3 Å². The molecule has 1 aromatic carbocycles. The molecule has 0 bridgehead atoms. The number of carbonyl (C=O) groups excluding carboxylic acids is 2. The smallest absolute Gasteiger partial charge is 0.306 e. The van der Waals surface area contributed by atoms with Crippen LogP contribution in [-0.2, 0) is 22.6 Å². The van der Waals surface area contributed by atoms with E-state index in [1.54, 1.807) is 39.1 Å². The molecule has 28 heavy (non-hydrogen) atoms. The highest BCUT2D eigenvalue weighted by Crippen LogP contribution is 2.28. The van der Waals surface area contributed by atoms with E-state index in [2.05, 4.69) is 4.98 Å². The van der Waals surface area contributed by atoms with Gasteiger partial charge >= 0.3 is 5.97 Å². The van der Waals surface area contributed by atoms with Crippen molar-refractivity contribution >= 4 is 23.9 Å². The number of ether oxygens (including phenoxy) is 2. The summed E-state index contributed by atoms with van der Waals surface area (Å²) in [6.45, 7) is 5.55. The molecule has 146 valence electrons. The third-order valence-corrected chi connectivity index (χ3v) is 3.99. The van der Waals surface area contributed by atoms with Crippen LogP contribution in [0.1, 0.15) is 54.2 Å². The highest BCUT2D eigenvalue weighted by Gasteiger charge is 2.17. The van der Waals surface area contributed by atoms with Gasteiger partial charge in [-0.05, 0) is 51.0 Å². The lowest BCUT2D eigenvalue weighted by Crippen LogP contribution is -2.24. The fourth-order valence-corrected chi connectivity index (χ4v) is 2.70. The molecule has 2 rings (SSSR count). The van der Waals surface area contributed by atoms with Crippen LogP contribution in [-0.4, -0.2) is 22.8 Å². The van der Waals surface area contributed by atoms with Gasteiger partial charge in [0.25, 0.3) is 0 Å². The van der Waals surface area contributed by atoms with E-state index < -0.39 is 5.60 Å². The van der Waals surface area contributed by atoms with Crippen LogP contribution >= 0.6 is 11.6 Å². The molecule has 0 radical (unpaired) electrons. The second-order valence-electron chi connectivity index (χ2n) is 7.17. The molecule has 0 fully saturated rings. The van der Waals surface area contributed by atoms with E-state index in [1.807, 2.05) is 6.07 Å². The predicted octanol–water partition coefficient (Wildman–Crippen LogP) is 4.27. The number of rotatable bonds is 7. The van der Waals surface area contributed by atoms with Gasteiger partial charge in [0.05, 0.1) is 11.1 Å². The van der Waals surface area contributed by atoms with E-state index in [1.165, 1.54) is 12.3 Å². The molecule has 0 spiro atoms. The van der Waals surface area contributed by atoms with Crippen LogP contribution < -0.4 is 4.74 Å². The zero-order valence-electron chi connectivity index (χ0n) is 16.0. The molecular formula is C21H21ClN2O4. The van der Waals surface area contributed by atoms with Gasteiger partial charge in [0.15, 0.2) is 6.29 Å². The third-order valence-electron chi connectivity index (χ3n) is 3.64. The predicted molar refractivity (Wildman–Crippen MR) is 104 cm³/mol. The lowest BCUT2D eigenvalue weighted by atomic mass is 10.1. The Labute approximate surface area is 169 Å². The molecule has 0 saturated carbocycles. The molecule has 0 N–H and O–H groups in total. The highest BCUT2D eigenvalue weighted by atomic mass is 35.5. The van der Waals surface area contributed by atoms with E-state index in [9.17, 15) is 9.59 Å². The molecule has 0 amide bonds. The van der Waals surface area contributed by atoms with Crippen molar-refractivity contribution < 1.29 is 19.1 Å². The summed E-state index contributed by atoms with van der Waals surface area (Å²) in [5.74, 6) is 0.0193. The zero-order chi connectivity index (χ0) is 20.7. The van der Waals surface area contributed by atoms with Gasteiger partial charge in [0, 0.05) is 29.4 Å². The van der Waals surface area contributed by atoms with Crippen LogP contribution in [0.5, 0.6) is 5.75 Å². The monoisotopic (exact) mass is 400 g/mol. The number of carbonyl (C=O) groups is 2. The van der Waals surface area contributed by atoms with Gasteiger partial charge in [-0.3, -0.25) is 14.6 Å². The van der Waals surface area contributed by atoms with Gasteiger partial charge in [-0.15, -0.1) is 0 Å². The average Bonchev–Trinajstić information content (AvgIpc) is 2.64. The molecule has 0 atom stereocenters. The fraction of sp³-hybridized carbons (Fsp3) is 0.333. The van der Waals surface area contributed by atoms with Gasteiger partial charge in [-0.25, -0.2) is 0 Å². The number of aldehydes is 1. The quantitative estimate of drug-likeness (QED) is 0.509. The van der Waals surface area contributed by atoms with Crippen molar-refractivity contribution in [3.63, 3.8) is 0 Å². The summed E-state index contributed by atoms with van der Waals surface area (Å²) in [4.78, 5) is 27.3. The van der Waals surface area contributed by atoms with Crippen molar-refractivity contribution in [1.29, 1.82) is 5.26 Å². The van der Waals surface area contributed by atoms with Crippen molar-refractivity contribution in [2.45, 2.75) is 45.8 Å². The number of halogens is 1. The maximum Gasteiger partial charge on any atom is 0.306 e. The summed E-state index contributed by atoms with van der Waals surface area (Å²) in [6.07, 6.45) is 4.21.